The van der Waals surface area contributed by atoms with Gasteiger partial charge in [-0.3, -0.25) is 9.36 Å². The van der Waals surface area contributed by atoms with E-state index < -0.39 is 10.0 Å². The predicted octanol–water partition coefficient (Wildman–Crippen LogP) is 1.31. The lowest BCUT2D eigenvalue weighted by Crippen LogP contribution is -2.32. The Kier molecular flexibility index (Phi) is 7.36. The van der Waals surface area contributed by atoms with Crippen LogP contribution in [0.1, 0.15) is 11.7 Å². The van der Waals surface area contributed by atoms with Crippen molar-refractivity contribution in [1.82, 2.24) is 39.1 Å². The lowest BCUT2D eigenvalue weighted by atomic mass is 10.3. The Balaban J connectivity index is 1.59. The fraction of sp³-hybridized carbons (Fsp3) is 0.316. The zero-order chi connectivity index (χ0) is 24.5. The number of fused-ring (bicyclic) bond motifs is 2. The van der Waals surface area contributed by atoms with E-state index in [-0.39, 0.29) is 5.91 Å². The van der Waals surface area contributed by atoms with E-state index in [0.29, 0.717) is 53.8 Å². The fourth-order valence-corrected chi connectivity index (χ4v) is 5.49. The summed E-state index contributed by atoms with van der Waals surface area (Å²) in [5.41, 5.74) is 8.62. The maximum absolute atomic E-state index is 11.8. The number of sulfonamides is 1. The minimum atomic E-state index is -3.22. The van der Waals surface area contributed by atoms with Crippen LogP contribution in [0, 0.1) is 3.57 Å². The Bertz CT molecular complexity index is 1480. The van der Waals surface area contributed by atoms with Crippen LogP contribution >= 0.6 is 34.4 Å². The van der Waals surface area contributed by atoms with Crippen LogP contribution in [-0.2, 0) is 16.6 Å². The first-order chi connectivity index (χ1) is 16.1. The number of rotatable bonds is 9. The lowest BCUT2D eigenvalue weighted by molar-refractivity contribution is 0.0941. The minimum absolute atomic E-state index is 0.103. The molecule has 4 aromatic rings. The zero-order valence-electron chi connectivity index (χ0n) is 18.3. The highest BCUT2D eigenvalue weighted by atomic mass is 127. The van der Waals surface area contributed by atoms with Crippen molar-refractivity contribution < 1.29 is 13.2 Å². The summed E-state index contributed by atoms with van der Waals surface area (Å²) in [6.07, 6.45) is 4.05. The number of carbonyl (C=O) groups is 1. The summed E-state index contributed by atoms with van der Waals surface area (Å²) in [5.74, 6) is 0.190. The van der Waals surface area contributed by atoms with Gasteiger partial charge in [0, 0.05) is 41.6 Å². The van der Waals surface area contributed by atoms with Gasteiger partial charge in [-0.2, -0.15) is 0 Å². The van der Waals surface area contributed by atoms with E-state index in [1.807, 2.05) is 16.7 Å². The molecule has 180 valence electrons. The number of benzene rings is 1. The molecule has 12 nitrogen and oxygen atoms in total. The van der Waals surface area contributed by atoms with Crippen LogP contribution in [0.3, 0.4) is 0 Å². The largest absolute Gasteiger partial charge is 0.382 e. The van der Waals surface area contributed by atoms with Gasteiger partial charge >= 0.3 is 0 Å². The molecule has 3 aromatic heterocycles. The highest BCUT2D eigenvalue weighted by Crippen LogP contribution is 2.35. The number of hydrogen-bond acceptors (Lipinski definition) is 10. The molecule has 0 atom stereocenters. The SMILES string of the molecule is CC(=O)n1cnc2cc(Sc3nc4c(N)ncnc4n3CCNCCNS(C)(=O)=O)c(I)cc21. The topological polar surface area (TPSA) is 163 Å². The Morgan fingerprint density at radius 3 is 2.74 bits per heavy atom. The van der Waals surface area contributed by atoms with E-state index >= 15 is 0 Å². The summed E-state index contributed by atoms with van der Waals surface area (Å²) in [5, 5.41) is 3.89. The van der Waals surface area contributed by atoms with E-state index in [1.54, 1.807) is 0 Å². The lowest BCUT2D eigenvalue weighted by Gasteiger charge is -2.10. The molecule has 0 aliphatic heterocycles. The Hall–Kier alpha value is -2.34. The van der Waals surface area contributed by atoms with E-state index in [1.165, 1.54) is 35.9 Å². The molecule has 0 spiro atoms. The normalized spacial score (nSPS) is 12.1. The van der Waals surface area contributed by atoms with Crippen molar-refractivity contribution in [1.29, 1.82) is 0 Å². The smallest absolute Gasteiger partial charge is 0.229 e. The van der Waals surface area contributed by atoms with Crippen LogP contribution in [0.5, 0.6) is 0 Å². The zero-order valence-corrected chi connectivity index (χ0v) is 22.1. The Labute approximate surface area is 213 Å². The van der Waals surface area contributed by atoms with Crippen LogP contribution in [0.4, 0.5) is 5.82 Å². The van der Waals surface area contributed by atoms with Gasteiger partial charge in [-0.25, -0.2) is 33.1 Å². The number of hydrogen-bond donors (Lipinski definition) is 3. The number of imidazole rings is 2. The quantitative estimate of drug-likeness (QED) is 0.185. The number of aromatic nitrogens is 6. The van der Waals surface area contributed by atoms with Gasteiger partial charge in [0.2, 0.25) is 15.9 Å². The van der Waals surface area contributed by atoms with Gasteiger partial charge in [0.25, 0.3) is 0 Å². The first-order valence-electron chi connectivity index (χ1n) is 10.1. The molecule has 0 radical (unpaired) electrons. The molecule has 34 heavy (non-hydrogen) atoms. The van der Waals surface area contributed by atoms with E-state index in [2.05, 4.69) is 52.6 Å². The van der Waals surface area contributed by atoms with Gasteiger partial charge in [-0.15, -0.1) is 0 Å². The Morgan fingerprint density at radius 2 is 2.00 bits per heavy atom. The maximum atomic E-state index is 11.8. The summed E-state index contributed by atoms with van der Waals surface area (Å²) in [6, 6.07) is 3.85. The van der Waals surface area contributed by atoms with Crippen molar-refractivity contribution in [3.63, 3.8) is 0 Å². The van der Waals surface area contributed by atoms with Crippen LogP contribution in [0.2, 0.25) is 0 Å². The molecule has 4 rings (SSSR count). The number of nitrogens with two attached hydrogens (primary N) is 1. The molecule has 1 aromatic carbocycles. The molecular formula is C19H22IN9O3S2. The van der Waals surface area contributed by atoms with Crippen LogP contribution < -0.4 is 15.8 Å². The number of anilines is 1. The number of nitrogens with one attached hydrogen (secondary N) is 2. The number of carbonyl (C=O) groups excluding carboxylic acids is 1. The number of nitrogens with zero attached hydrogens (tertiary/aromatic N) is 6. The van der Waals surface area contributed by atoms with Crippen molar-refractivity contribution in [2.45, 2.75) is 23.5 Å². The summed E-state index contributed by atoms with van der Waals surface area (Å²) in [6.45, 7) is 3.37. The molecule has 0 saturated carbocycles. The van der Waals surface area contributed by atoms with Crippen molar-refractivity contribution in [2.75, 3.05) is 31.6 Å². The molecule has 0 amide bonds. The van der Waals surface area contributed by atoms with Crippen LogP contribution in [0.25, 0.3) is 22.2 Å². The van der Waals surface area contributed by atoms with E-state index in [9.17, 15) is 13.2 Å². The fourth-order valence-electron chi connectivity index (χ4n) is 3.29. The van der Waals surface area contributed by atoms with Gasteiger partial charge in [-0.05, 0) is 34.7 Å². The van der Waals surface area contributed by atoms with Crippen molar-refractivity contribution in [3.05, 3.63) is 28.4 Å². The maximum Gasteiger partial charge on any atom is 0.229 e. The van der Waals surface area contributed by atoms with Gasteiger partial charge in [-0.1, -0.05) is 11.8 Å². The molecule has 0 saturated heterocycles. The summed E-state index contributed by atoms with van der Waals surface area (Å²) in [7, 11) is -3.22. The molecule has 0 aliphatic carbocycles. The average molecular weight is 615 g/mol. The van der Waals surface area contributed by atoms with Crippen LogP contribution in [0.15, 0.2) is 34.8 Å². The average Bonchev–Trinajstić information content (AvgIpc) is 3.32. The predicted molar refractivity (Wildman–Crippen MR) is 138 cm³/mol. The molecule has 4 N–H and O–H groups in total. The first-order valence-corrected chi connectivity index (χ1v) is 13.9. The summed E-state index contributed by atoms with van der Waals surface area (Å²) >= 11 is 3.68. The third-order valence-corrected chi connectivity index (χ3v) is 7.88. The minimum Gasteiger partial charge on any atom is -0.382 e. The molecule has 0 aliphatic rings. The van der Waals surface area contributed by atoms with E-state index in [0.717, 1.165) is 20.2 Å². The number of halogens is 1. The Morgan fingerprint density at radius 1 is 1.21 bits per heavy atom. The molecule has 0 unspecified atom stereocenters. The standard InChI is InChI=1S/C19H22IN9O3S2/c1-11(30)29-10-25-13-8-15(12(20)7-14(13)29)33-19-27-16-17(21)23-9-24-18(16)28(19)6-5-22-3-4-26-34(2,31)32/h7-10,22,26H,3-6H2,1-2H3,(H2,21,23,24). The molecule has 3 heterocycles. The molecular weight excluding hydrogens is 593 g/mol. The van der Waals surface area contributed by atoms with Crippen molar-refractivity contribution in [2.24, 2.45) is 0 Å². The molecule has 0 bridgehead atoms. The second kappa shape index (κ2) is 10.1. The second-order valence-corrected chi connectivity index (χ2v) is 11.4. The third-order valence-electron chi connectivity index (χ3n) is 4.84. The third kappa shape index (κ3) is 5.48. The van der Waals surface area contributed by atoms with Gasteiger partial charge in [0.05, 0.1) is 17.3 Å². The van der Waals surface area contributed by atoms with Crippen molar-refractivity contribution >= 4 is 78.3 Å². The van der Waals surface area contributed by atoms with E-state index in [4.69, 9.17) is 5.73 Å². The summed E-state index contributed by atoms with van der Waals surface area (Å²) in [4.78, 5) is 30.2. The number of nitrogen functional groups attached to an aromatic ring is 1. The highest BCUT2D eigenvalue weighted by Gasteiger charge is 2.18. The second-order valence-electron chi connectivity index (χ2n) is 7.40. The first kappa shape index (κ1) is 24.8. The van der Waals surface area contributed by atoms with Gasteiger partial charge in [0.1, 0.15) is 12.7 Å². The monoisotopic (exact) mass is 615 g/mol. The van der Waals surface area contributed by atoms with Gasteiger partial charge < -0.3 is 15.6 Å². The van der Waals surface area contributed by atoms with Gasteiger partial charge in [0.15, 0.2) is 22.1 Å². The summed E-state index contributed by atoms with van der Waals surface area (Å²) < 4.78 is 29.2. The van der Waals surface area contributed by atoms with Crippen molar-refractivity contribution in [3.8, 4) is 0 Å². The molecule has 15 heteroatoms. The molecule has 0 fully saturated rings. The highest BCUT2D eigenvalue weighted by molar-refractivity contribution is 14.1. The van der Waals surface area contributed by atoms with Crippen LogP contribution in [-0.4, -0.2) is 69.3 Å².